The quantitative estimate of drug-likeness (QED) is 0.511. The van der Waals surface area contributed by atoms with Crippen molar-refractivity contribution in [3.63, 3.8) is 0 Å². The number of aromatic nitrogens is 1. The summed E-state index contributed by atoms with van der Waals surface area (Å²) in [6, 6.07) is 8.45. The molecule has 0 spiro atoms. The molecule has 1 heterocycles. The number of pyridine rings is 1. The average Bonchev–Trinajstić information content (AvgIpc) is 2.48. The molecule has 2 aromatic rings. The summed E-state index contributed by atoms with van der Waals surface area (Å²) in [5, 5.41) is 25.1. The van der Waals surface area contributed by atoms with E-state index in [-0.39, 0.29) is 17.2 Å². The van der Waals surface area contributed by atoms with E-state index >= 15 is 0 Å². The van der Waals surface area contributed by atoms with E-state index in [1.165, 1.54) is 48.8 Å². The van der Waals surface area contributed by atoms with E-state index in [9.17, 15) is 20.2 Å². The van der Waals surface area contributed by atoms with Gasteiger partial charge in [-0.3, -0.25) is 25.7 Å². The molecular weight excluding hydrogens is 278 g/mol. The maximum Gasteiger partial charge on any atom is 0.313 e. The zero-order valence-corrected chi connectivity index (χ0v) is 10.5. The summed E-state index contributed by atoms with van der Waals surface area (Å²) in [5.41, 5.74) is 2.84. The lowest BCUT2D eigenvalue weighted by Gasteiger charge is -1.99. The normalized spacial score (nSPS) is 10.5. The molecule has 0 aliphatic heterocycles. The molecule has 2 rings (SSSR count). The van der Waals surface area contributed by atoms with E-state index < -0.39 is 9.85 Å². The molecule has 0 saturated carbocycles. The largest absolute Gasteiger partial charge is 0.313 e. The van der Waals surface area contributed by atoms with Crippen LogP contribution < -0.4 is 5.43 Å². The Morgan fingerprint density at radius 1 is 1.10 bits per heavy atom. The fourth-order valence-corrected chi connectivity index (χ4v) is 1.48. The number of anilines is 1. The Kier molecular flexibility index (Phi) is 4.14. The smallest absolute Gasteiger partial charge is 0.258 e. The van der Waals surface area contributed by atoms with Crippen LogP contribution in [0.1, 0.15) is 5.56 Å². The molecule has 0 aliphatic rings. The van der Waals surface area contributed by atoms with Gasteiger partial charge in [0.05, 0.1) is 16.1 Å². The number of hydrazone groups is 1. The fourth-order valence-electron chi connectivity index (χ4n) is 1.48. The molecule has 0 amide bonds. The Hall–Kier alpha value is -3.36. The van der Waals surface area contributed by atoms with Crippen LogP contribution in [0.2, 0.25) is 0 Å². The van der Waals surface area contributed by atoms with Crippen LogP contribution in [-0.4, -0.2) is 21.0 Å². The Morgan fingerprint density at radius 2 is 1.81 bits per heavy atom. The predicted molar refractivity (Wildman–Crippen MR) is 75.2 cm³/mol. The van der Waals surface area contributed by atoms with Crippen LogP contribution in [0.4, 0.5) is 17.2 Å². The highest BCUT2D eigenvalue weighted by atomic mass is 16.6. The van der Waals surface area contributed by atoms with E-state index in [0.717, 1.165) is 0 Å². The van der Waals surface area contributed by atoms with Gasteiger partial charge in [-0.1, -0.05) is 0 Å². The van der Waals surface area contributed by atoms with Gasteiger partial charge in [0.1, 0.15) is 0 Å². The molecule has 0 fully saturated rings. The van der Waals surface area contributed by atoms with Crippen molar-refractivity contribution in [3.05, 3.63) is 68.4 Å². The number of nitro groups is 2. The molecule has 1 aromatic heterocycles. The van der Waals surface area contributed by atoms with Crippen molar-refractivity contribution in [1.82, 2.24) is 4.98 Å². The number of nitrogens with zero attached hydrogens (tertiary/aromatic N) is 4. The summed E-state index contributed by atoms with van der Waals surface area (Å²) in [7, 11) is 0. The minimum Gasteiger partial charge on any atom is -0.258 e. The van der Waals surface area contributed by atoms with Crippen molar-refractivity contribution in [2.24, 2.45) is 5.10 Å². The number of benzene rings is 1. The molecule has 9 nitrogen and oxygen atoms in total. The summed E-state index contributed by atoms with van der Waals surface area (Å²) < 4.78 is 0. The molecule has 9 heteroatoms. The zero-order valence-electron chi connectivity index (χ0n) is 10.5. The van der Waals surface area contributed by atoms with Gasteiger partial charge in [-0.25, -0.2) is 4.98 Å². The number of nitro benzene ring substituents is 1. The van der Waals surface area contributed by atoms with Gasteiger partial charge in [-0.2, -0.15) is 5.10 Å². The van der Waals surface area contributed by atoms with Gasteiger partial charge in [-0.05, 0) is 23.8 Å². The molecule has 106 valence electrons. The number of rotatable bonds is 5. The Labute approximate surface area is 118 Å². The van der Waals surface area contributed by atoms with Gasteiger partial charge in [0.2, 0.25) is 5.82 Å². The second kappa shape index (κ2) is 6.19. The highest BCUT2D eigenvalue weighted by Gasteiger charge is 2.12. The van der Waals surface area contributed by atoms with Crippen molar-refractivity contribution < 1.29 is 9.85 Å². The van der Waals surface area contributed by atoms with Crippen LogP contribution in [0.15, 0.2) is 47.7 Å². The SMILES string of the molecule is O=[N+]([O-])c1ccc(/C=N\Nc2ncccc2[N+](=O)[O-])cc1. The Morgan fingerprint density at radius 3 is 2.43 bits per heavy atom. The highest BCUT2D eigenvalue weighted by Crippen LogP contribution is 2.20. The van der Waals surface area contributed by atoms with E-state index in [4.69, 9.17) is 0 Å². The lowest BCUT2D eigenvalue weighted by atomic mass is 10.2. The molecule has 0 radical (unpaired) electrons. The number of hydrogen-bond donors (Lipinski definition) is 1. The average molecular weight is 287 g/mol. The van der Waals surface area contributed by atoms with Crippen LogP contribution in [0.25, 0.3) is 0 Å². The molecule has 1 aromatic carbocycles. The first-order valence-electron chi connectivity index (χ1n) is 5.71. The third-order valence-electron chi connectivity index (χ3n) is 2.47. The standard InChI is InChI=1S/C12H9N5O4/c18-16(19)10-5-3-9(4-6-10)8-14-15-12-11(17(20)21)2-1-7-13-12/h1-8H,(H,13,15)/b14-8-. The van der Waals surface area contributed by atoms with E-state index in [0.29, 0.717) is 5.56 Å². The van der Waals surface area contributed by atoms with Crippen molar-refractivity contribution in [1.29, 1.82) is 0 Å². The van der Waals surface area contributed by atoms with Crippen molar-refractivity contribution in [2.75, 3.05) is 5.43 Å². The number of hydrogen-bond acceptors (Lipinski definition) is 7. The maximum absolute atomic E-state index is 10.8. The summed E-state index contributed by atoms with van der Waals surface area (Å²) in [5.74, 6) is 0.0145. The predicted octanol–water partition coefficient (Wildman–Crippen LogP) is 2.34. The van der Waals surface area contributed by atoms with Gasteiger partial charge in [-0.15, -0.1) is 0 Å². The topological polar surface area (TPSA) is 124 Å². The first kappa shape index (κ1) is 14.1. The minimum absolute atomic E-state index is 0.0145. The number of non-ortho nitro benzene ring substituents is 1. The van der Waals surface area contributed by atoms with Crippen molar-refractivity contribution >= 4 is 23.4 Å². The molecule has 0 atom stereocenters. The maximum atomic E-state index is 10.8. The Balaban J connectivity index is 2.09. The first-order chi connectivity index (χ1) is 10.1. The van der Waals surface area contributed by atoms with Crippen LogP contribution >= 0.6 is 0 Å². The summed E-state index contributed by atoms with van der Waals surface area (Å²) >= 11 is 0. The third-order valence-corrected chi connectivity index (χ3v) is 2.47. The van der Waals surface area contributed by atoms with Crippen LogP contribution in [0.5, 0.6) is 0 Å². The monoisotopic (exact) mass is 287 g/mol. The van der Waals surface area contributed by atoms with Crippen molar-refractivity contribution in [2.45, 2.75) is 0 Å². The highest BCUT2D eigenvalue weighted by molar-refractivity contribution is 5.80. The van der Waals surface area contributed by atoms with E-state index in [1.54, 1.807) is 0 Å². The summed E-state index contributed by atoms with van der Waals surface area (Å²) in [6.45, 7) is 0. The van der Waals surface area contributed by atoms with E-state index in [1.807, 2.05) is 0 Å². The molecule has 1 N–H and O–H groups in total. The summed E-state index contributed by atoms with van der Waals surface area (Å²) in [4.78, 5) is 24.0. The first-order valence-corrected chi connectivity index (χ1v) is 5.71. The molecule has 21 heavy (non-hydrogen) atoms. The van der Waals surface area contributed by atoms with Gasteiger partial charge < -0.3 is 0 Å². The zero-order chi connectivity index (χ0) is 15.2. The van der Waals surface area contributed by atoms with Crippen LogP contribution in [-0.2, 0) is 0 Å². The van der Waals surface area contributed by atoms with Crippen LogP contribution in [0, 0.1) is 20.2 Å². The lowest BCUT2D eigenvalue weighted by molar-refractivity contribution is -0.384. The second-order valence-corrected chi connectivity index (χ2v) is 3.85. The Bertz CT molecular complexity index is 699. The lowest BCUT2D eigenvalue weighted by Crippen LogP contribution is -1.99. The molecular formula is C12H9N5O4. The van der Waals surface area contributed by atoms with Gasteiger partial charge in [0.25, 0.3) is 5.69 Å². The van der Waals surface area contributed by atoms with Gasteiger partial charge in [0.15, 0.2) is 0 Å². The molecule has 0 aliphatic carbocycles. The second-order valence-electron chi connectivity index (χ2n) is 3.85. The minimum atomic E-state index is -0.573. The van der Waals surface area contributed by atoms with Gasteiger partial charge >= 0.3 is 5.69 Å². The van der Waals surface area contributed by atoms with Crippen molar-refractivity contribution in [3.8, 4) is 0 Å². The number of nitrogens with one attached hydrogen (secondary N) is 1. The summed E-state index contributed by atoms with van der Waals surface area (Å²) in [6.07, 6.45) is 2.78. The van der Waals surface area contributed by atoms with Gasteiger partial charge in [0, 0.05) is 24.4 Å². The third kappa shape index (κ3) is 3.56. The fraction of sp³-hybridized carbons (Fsp3) is 0. The molecule has 0 unspecified atom stereocenters. The van der Waals surface area contributed by atoms with E-state index in [2.05, 4.69) is 15.5 Å². The molecule has 0 saturated heterocycles. The van der Waals surface area contributed by atoms with Crippen LogP contribution in [0.3, 0.4) is 0 Å². The molecule has 0 bridgehead atoms.